The molecule has 0 aromatic rings. The van der Waals surface area contributed by atoms with E-state index in [0.717, 1.165) is 6.42 Å². The molecule has 4 nitrogen and oxygen atoms in total. The maximum atomic E-state index is 11.7. The highest BCUT2D eigenvalue weighted by atomic mass is 16.6. The Hall–Kier alpha value is -0.770. The minimum Gasteiger partial charge on any atom is -0.444 e. The van der Waals surface area contributed by atoms with Crippen molar-refractivity contribution < 1.29 is 9.53 Å². The summed E-state index contributed by atoms with van der Waals surface area (Å²) in [5, 5.41) is 2.98. The lowest BCUT2D eigenvalue weighted by molar-refractivity contribution is 0.0480. The third-order valence-electron chi connectivity index (χ3n) is 3.14. The third kappa shape index (κ3) is 4.54. The minimum atomic E-state index is -0.442. The van der Waals surface area contributed by atoms with E-state index >= 15 is 0 Å². The van der Waals surface area contributed by atoms with Crippen LogP contribution in [0.2, 0.25) is 0 Å². The molecule has 1 unspecified atom stereocenters. The maximum absolute atomic E-state index is 11.7. The van der Waals surface area contributed by atoms with Crippen molar-refractivity contribution in [2.24, 2.45) is 23.5 Å². The van der Waals surface area contributed by atoms with Gasteiger partial charge < -0.3 is 15.8 Å². The number of nitrogens with one attached hydrogen (secondary N) is 1. The van der Waals surface area contributed by atoms with Gasteiger partial charge in [-0.2, -0.15) is 0 Å². The predicted molar refractivity (Wildman–Crippen MR) is 68.6 cm³/mol. The van der Waals surface area contributed by atoms with Gasteiger partial charge in [-0.3, -0.25) is 0 Å². The van der Waals surface area contributed by atoms with E-state index in [1.165, 1.54) is 0 Å². The quantitative estimate of drug-likeness (QED) is 0.793. The van der Waals surface area contributed by atoms with E-state index in [1.807, 2.05) is 20.8 Å². The van der Waals surface area contributed by atoms with Gasteiger partial charge in [0.25, 0.3) is 0 Å². The van der Waals surface area contributed by atoms with E-state index in [4.69, 9.17) is 10.5 Å². The van der Waals surface area contributed by atoms with Crippen molar-refractivity contribution >= 4 is 6.09 Å². The Morgan fingerprint density at radius 1 is 1.47 bits per heavy atom. The monoisotopic (exact) mass is 242 g/mol. The molecule has 1 saturated carbocycles. The number of hydrogen-bond acceptors (Lipinski definition) is 3. The number of amides is 1. The topological polar surface area (TPSA) is 64.3 Å². The highest BCUT2D eigenvalue weighted by molar-refractivity contribution is 5.68. The molecule has 1 aliphatic rings. The third-order valence-corrected chi connectivity index (χ3v) is 3.14. The molecular weight excluding hydrogens is 216 g/mol. The summed E-state index contributed by atoms with van der Waals surface area (Å²) in [4.78, 5) is 11.7. The van der Waals surface area contributed by atoms with Gasteiger partial charge in [-0.15, -0.1) is 0 Å². The van der Waals surface area contributed by atoms with Gasteiger partial charge in [0.15, 0.2) is 0 Å². The fraction of sp³-hybridized carbons (Fsp3) is 0.923. The van der Waals surface area contributed by atoms with Crippen molar-refractivity contribution in [2.75, 3.05) is 6.54 Å². The lowest BCUT2D eigenvalue weighted by Crippen LogP contribution is -2.43. The Morgan fingerprint density at radius 3 is 2.41 bits per heavy atom. The summed E-state index contributed by atoms with van der Waals surface area (Å²) >= 11 is 0. The van der Waals surface area contributed by atoms with Crippen LogP contribution in [0.15, 0.2) is 0 Å². The van der Waals surface area contributed by atoms with E-state index in [2.05, 4.69) is 19.2 Å². The lowest BCUT2D eigenvalue weighted by atomic mass is 9.98. The molecule has 0 aromatic carbocycles. The summed E-state index contributed by atoms with van der Waals surface area (Å²) in [5.41, 5.74) is 5.21. The second-order valence-electron chi connectivity index (χ2n) is 6.31. The van der Waals surface area contributed by atoms with Gasteiger partial charge in [-0.1, -0.05) is 13.8 Å². The molecule has 1 amide bonds. The van der Waals surface area contributed by atoms with Crippen molar-refractivity contribution in [3.05, 3.63) is 0 Å². The van der Waals surface area contributed by atoms with E-state index in [-0.39, 0.29) is 12.1 Å². The molecule has 1 aliphatic carbocycles. The van der Waals surface area contributed by atoms with E-state index < -0.39 is 5.60 Å². The molecule has 1 rings (SSSR count). The van der Waals surface area contributed by atoms with Gasteiger partial charge in [-0.25, -0.2) is 4.79 Å². The van der Waals surface area contributed by atoms with Gasteiger partial charge in [-0.05, 0) is 51.5 Å². The standard InChI is InChI=1S/C13H26N2O2/c1-8(2)11(10-6-9(10)7-14)15-12(16)17-13(3,4)5/h8-11H,6-7,14H2,1-5H3,(H,15,16)/t9-,10+,11?/m0/s1. The smallest absolute Gasteiger partial charge is 0.407 e. The Labute approximate surface area is 104 Å². The molecule has 0 radical (unpaired) electrons. The molecule has 4 heteroatoms. The van der Waals surface area contributed by atoms with Crippen molar-refractivity contribution in [3.63, 3.8) is 0 Å². The number of nitrogens with two attached hydrogens (primary N) is 1. The zero-order valence-electron chi connectivity index (χ0n) is 11.6. The Bertz CT molecular complexity index is 271. The summed E-state index contributed by atoms with van der Waals surface area (Å²) in [6.07, 6.45) is 0.800. The minimum absolute atomic E-state index is 0.179. The summed E-state index contributed by atoms with van der Waals surface area (Å²) < 4.78 is 5.28. The normalized spacial score (nSPS) is 25.6. The van der Waals surface area contributed by atoms with Crippen LogP contribution in [0.4, 0.5) is 4.79 Å². The molecule has 17 heavy (non-hydrogen) atoms. The molecule has 100 valence electrons. The van der Waals surface area contributed by atoms with Crippen LogP contribution in [0, 0.1) is 17.8 Å². The number of rotatable bonds is 4. The van der Waals surface area contributed by atoms with Gasteiger partial charge >= 0.3 is 6.09 Å². The van der Waals surface area contributed by atoms with Crippen LogP contribution < -0.4 is 11.1 Å². The summed E-state index contributed by atoms with van der Waals surface area (Å²) in [5.74, 6) is 1.49. The van der Waals surface area contributed by atoms with Crippen LogP contribution in [0.5, 0.6) is 0 Å². The van der Waals surface area contributed by atoms with Crippen LogP contribution in [-0.4, -0.2) is 24.3 Å². The van der Waals surface area contributed by atoms with Gasteiger partial charge in [0.05, 0.1) is 0 Å². The average molecular weight is 242 g/mol. The Kier molecular flexibility index (Phi) is 4.42. The second-order valence-corrected chi connectivity index (χ2v) is 6.31. The van der Waals surface area contributed by atoms with E-state index in [0.29, 0.717) is 24.3 Å². The van der Waals surface area contributed by atoms with Crippen LogP contribution in [-0.2, 0) is 4.74 Å². The first kappa shape index (κ1) is 14.3. The molecule has 0 spiro atoms. The number of carbonyl (C=O) groups excluding carboxylic acids is 1. The fourth-order valence-corrected chi connectivity index (χ4v) is 2.19. The summed E-state index contributed by atoms with van der Waals surface area (Å²) in [7, 11) is 0. The van der Waals surface area contributed by atoms with Gasteiger partial charge in [0, 0.05) is 6.04 Å². The Morgan fingerprint density at radius 2 is 2.06 bits per heavy atom. The van der Waals surface area contributed by atoms with E-state index in [1.54, 1.807) is 0 Å². The highest BCUT2D eigenvalue weighted by Crippen LogP contribution is 2.42. The van der Waals surface area contributed by atoms with Crippen molar-refractivity contribution in [1.29, 1.82) is 0 Å². The summed E-state index contributed by atoms with van der Waals surface area (Å²) in [6, 6.07) is 0.179. The predicted octanol–water partition coefficient (Wildman–Crippen LogP) is 2.13. The summed E-state index contributed by atoms with van der Waals surface area (Å²) in [6.45, 7) is 10.6. The maximum Gasteiger partial charge on any atom is 0.407 e. The lowest BCUT2D eigenvalue weighted by Gasteiger charge is -2.26. The average Bonchev–Trinajstić information content (AvgIpc) is 2.89. The van der Waals surface area contributed by atoms with Gasteiger partial charge in [0.2, 0.25) is 0 Å². The largest absolute Gasteiger partial charge is 0.444 e. The molecule has 0 bridgehead atoms. The number of ether oxygens (including phenoxy) is 1. The van der Waals surface area contributed by atoms with Crippen LogP contribution in [0.25, 0.3) is 0 Å². The fourth-order valence-electron chi connectivity index (χ4n) is 2.19. The van der Waals surface area contributed by atoms with E-state index in [9.17, 15) is 4.79 Å². The first-order chi connectivity index (χ1) is 7.74. The molecule has 0 aromatic heterocycles. The van der Waals surface area contributed by atoms with Crippen molar-refractivity contribution in [2.45, 2.75) is 52.7 Å². The first-order valence-corrected chi connectivity index (χ1v) is 6.44. The molecular formula is C13H26N2O2. The molecule has 0 aliphatic heterocycles. The van der Waals surface area contributed by atoms with Crippen LogP contribution in [0.1, 0.15) is 41.0 Å². The number of alkyl carbamates (subject to hydrolysis) is 1. The molecule has 3 N–H and O–H groups in total. The van der Waals surface area contributed by atoms with Crippen molar-refractivity contribution in [1.82, 2.24) is 5.32 Å². The second kappa shape index (κ2) is 5.25. The molecule has 0 saturated heterocycles. The number of hydrogen-bond donors (Lipinski definition) is 2. The van der Waals surface area contributed by atoms with Gasteiger partial charge in [0.1, 0.15) is 5.60 Å². The van der Waals surface area contributed by atoms with Crippen molar-refractivity contribution in [3.8, 4) is 0 Å². The molecule has 0 heterocycles. The highest BCUT2D eigenvalue weighted by Gasteiger charge is 2.43. The van der Waals surface area contributed by atoms with Crippen LogP contribution >= 0.6 is 0 Å². The SMILES string of the molecule is CC(C)C(NC(=O)OC(C)(C)C)[C@@H]1C[C@H]1CN. The van der Waals surface area contributed by atoms with Crippen LogP contribution in [0.3, 0.4) is 0 Å². The molecule has 3 atom stereocenters. The zero-order valence-corrected chi connectivity index (χ0v) is 11.6. The first-order valence-electron chi connectivity index (χ1n) is 6.44. The Balaban J connectivity index is 2.48. The zero-order chi connectivity index (χ0) is 13.2. The number of carbonyl (C=O) groups is 1. The molecule has 1 fully saturated rings.